The average molecular weight is 431 g/mol. The lowest BCUT2D eigenvalue weighted by Gasteiger charge is -2.13. The molecule has 0 bridgehead atoms. The van der Waals surface area contributed by atoms with Crippen LogP contribution in [0.2, 0.25) is 0 Å². The number of carbonyl (C=O) groups excluding carboxylic acids is 1. The highest BCUT2D eigenvalue weighted by atomic mass is 32.2. The summed E-state index contributed by atoms with van der Waals surface area (Å²) in [5.41, 5.74) is -0.387. The van der Waals surface area contributed by atoms with Crippen LogP contribution in [-0.2, 0) is 24.8 Å². The fraction of sp³-hybridized carbons (Fsp3) is 0.250. The highest BCUT2D eigenvalue weighted by Crippen LogP contribution is 2.23. The third-order valence-corrected chi connectivity index (χ3v) is 6.66. The number of rotatable bonds is 7. The molecule has 0 fully saturated rings. The minimum atomic E-state index is -4.22. The maximum absolute atomic E-state index is 14.2. The van der Waals surface area contributed by atoms with Crippen LogP contribution in [0.5, 0.6) is 0 Å². The first-order chi connectivity index (χ1) is 13.0. The van der Waals surface area contributed by atoms with Crippen molar-refractivity contribution < 1.29 is 30.8 Å². The predicted molar refractivity (Wildman–Crippen MR) is 100 cm³/mol. The van der Waals surface area contributed by atoms with Crippen LogP contribution in [0.15, 0.2) is 41.6 Å². The first-order valence-electron chi connectivity index (χ1n) is 7.83. The molecule has 2 aromatic rings. The molecule has 12 heteroatoms. The fourth-order valence-electron chi connectivity index (χ4n) is 1.96. The van der Waals surface area contributed by atoms with E-state index in [0.717, 1.165) is 25.4 Å². The van der Waals surface area contributed by atoms with Gasteiger partial charge in [-0.3, -0.25) is 14.4 Å². The number of benzene rings is 1. The lowest BCUT2D eigenvalue weighted by atomic mass is 10.3. The molecule has 0 unspecified atom stereocenters. The maximum Gasteiger partial charge on any atom is 0.339 e. The van der Waals surface area contributed by atoms with E-state index in [9.17, 15) is 26.0 Å². The Morgan fingerprint density at radius 1 is 1.11 bits per heavy atom. The molecule has 0 atom stereocenters. The van der Waals surface area contributed by atoms with Gasteiger partial charge in [-0.1, -0.05) is 0 Å². The number of nitrogens with zero attached hydrogens (tertiary/aromatic N) is 1. The normalized spacial score (nSPS) is 11.9. The fourth-order valence-corrected chi connectivity index (χ4v) is 3.71. The van der Waals surface area contributed by atoms with Gasteiger partial charge in [0.25, 0.3) is 10.0 Å². The van der Waals surface area contributed by atoms with Crippen LogP contribution >= 0.6 is 0 Å². The molecule has 0 radical (unpaired) electrons. The van der Waals surface area contributed by atoms with Gasteiger partial charge in [-0.15, -0.1) is 0 Å². The van der Waals surface area contributed by atoms with Crippen molar-refractivity contribution in [3.8, 4) is 0 Å². The average Bonchev–Trinajstić information content (AvgIpc) is 2.62. The van der Waals surface area contributed by atoms with Gasteiger partial charge in [0.1, 0.15) is 5.82 Å². The Balaban J connectivity index is 2.30. The number of aromatic nitrogens is 1. The van der Waals surface area contributed by atoms with E-state index in [1.807, 2.05) is 0 Å². The van der Waals surface area contributed by atoms with Crippen LogP contribution in [0.3, 0.4) is 0 Å². The zero-order valence-corrected chi connectivity index (χ0v) is 16.8. The summed E-state index contributed by atoms with van der Waals surface area (Å²) in [5, 5.41) is -0.799. The Labute approximate surface area is 162 Å². The van der Waals surface area contributed by atoms with Crippen molar-refractivity contribution in [1.82, 2.24) is 4.98 Å². The minimum Gasteiger partial charge on any atom is -0.465 e. The third kappa shape index (κ3) is 4.95. The molecule has 2 rings (SSSR count). The van der Waals surface area contributed by atoms with E-state index in [2.05, 4.69) is 19.2 Å². The van der Waals surface area contributed by atoms with E-state index in [1.54, 1.807) is 0 Å². The highest BCUT2D eigenvalue weighted by molar-refractivity contribution is 7.93. The molecular weight excluding hydrogens is 413 g/mol. The molecule has 0 aliphatic rings. The zero-order chi connectivity index (χ0) is 21.1. The second-order valence-electron chi connectivity index (χ2n) is 5.90. The Morgan fingerprint density at radius 2 is 1.79 bits per heavy atom. The number of halogens is 1. The number of ether oxygens (including phenoxy) is 1. The molecule has 9 nitrogen and oxygen atoms in total. The molecule has 28 heavy (non-hydrogen) atoms. The first kappa shape index (κ1) is 21.6. The van der Waals surface area contributed by atoms with Crippen molar-refractivity contribution in [3.05, 3.63) is 48.0 Å². The summed E-state index contributed by atoms with van der Waals surface area (Å²) in [5.74, 6) is -1.77. The van der Waals surface area contributed by atoms with Crippen LogP contribution < -0.4 is 9.44 Å². The molecule has 0 aliphatic heterocycles. The van der Waals surface area contributed by atoms with Crippen LogP contribution in [0, 0.1) is 5.82 Å². The molecule has 0 amide bonds. The summed E-state index contributed by atoms with van der Waals surface area (Å²) in [4.78, 5) is 14.8. The van der Waals surface area contributed by atoms with Crippen LogP contribution in [-0.4, -0.2) is 40.1 Å². The monoisotopic (exact) mass is 431 g/mol. The second-order valence-corrected chi connectivity index (χ2v) is 9.82. The highest BCUT2D eigenvalue weighted by Gasteiger charge is 2.21. The number of nitrogens with one attached hydrogen (secondary N) is 2. The van der Waals surface area contributed by atoms with Crippen molar-refractivity contribution in [2.24, 2.45) is 0 Å². The molecule has 1 aromatic heterocycles. The van der Waals surface area contributed by atoms with Crippen molar-refractivity contribution in [1.29, 1.82) is 0 Å². The summed E-state index contributed by atoms with van der Waals surface area (Å²) in [7, 11) is -6.85. The van der Waals surface area contributed by atoms with Gasteiger partial charge in [0.2, 0.25) is 10.0 Å². The molecule has 0 saturated carbocycles. The number of esters is 1. The van der Waals surface area contributed by atoms with Crippen LogP contribution in [0.4, 0.5) is 15.8 Å². The van der Waals surface area contributed by atoms with Gasteiger partial charge in [-0.2, -0.15) is 0 Å². The number of pyridine rings is 1. The molecule has 152 valence electrons. The van der Waals surface area contributed by atoms with E-state index in [1.165, 1.54) is 26.1 Å². The molecule has 0 saturated heterocycles. The van der Waals surface area contributed by atoms with Gasteiger partial charge in [-0.05, 0) is 38.1 Å². The minimum absolute atomic E-state index is 0.0207. The number of anilines is 2. The van der Waals surface area contributed by atoms with Gasteiger partial charge in [-0.25, -0.2) is 26.0 Å². The molecule has 0 spiro atoms. The van der Waals surface area contributed by atoms with Crippen molar-refractivity contribution in [2.75, 3.05) is 16.6 Å². The van der Waals surface area contributed by atoms with Crippen molar-refractivity contribution >= 4 is 37.4 Å². The molecular formula is C16H18FN3O6S2. The molecule has 0 aliphatic carbocycles. The van der Waals surface area contributed by atoms with Gasteiger partial charge in [0.05, 0.1) is 40.4 Å². The largest absolute Gasteiger partial charge is 0.465 e. The number of carbonyl (C=O) groups is 1. The summed E-state index contributed by atoms with van der Waals surface area (Å²) in [6.07, 6.45) is 2.35. The molecule has 1 aromatic carbocycles. The van der Waals surface area contributed by atoms with Crippen molar-refractivity contribution in [3.63, 3.8) is 0 Å². The molecule has 2 N–H and O–H groups in total. The number of hydrogen-bond donors (Lipinski definition) is 2. The summed E-state index contributed by atoms with van der Waals surface area (Å²) in [6.45, 7) is 2.83. The lowest BCUT2D eigenvalue weighted by molar-refractivity contribution is 0.0600. The Hall–Kier alpha value is -2.73. The standard InChI is InChI=1S/C16H18FN3O6S2/c1-10(2)27(22,23)20-15-5-4-13(7-14(15)17)28(24,25)19-12-6-11(8-18-9-12)16(21)26-3/h4-10,19-20H,1-3H3. The summed E-state index contributed by atoms with van der Waals surface area (Å²) >= 11 is 0. The first-order valence-corrected chi connectivity index (χ1v) is 10.9. The summed E-state index contributed by atoms with van der Waals surface area (Å²) < 4.78 is 71.6. The zero-order valence-electron chi connectivity index (χ0n) is 15.1. The summed E-state index contributed by atoms with van der Waals surface area (Å²) in [6, 6.07) is 3.93. The van der Waals surface area contributed by atoms with E-state index < -0.39 is 42.0 Å². The second kappa shape index (κ2) is 8.10. The van der Waals surface area contributed by atoms with Gasteiger partial charge >= 0.3 is 5.97 Å². The van der Waals surface area contributed by atoms with E-state index >= 15 is 0 Å². The van der Waals surface area contributed by atoms with Crippen LogP contribution in [0.25, 0.3) is 0 Å². The topological polar surface area (TPSA) is 132 Å². The number of sulfonamides is 2. The van der Waals surface area contributed by atoms with Gasteiger partial charge in [0, 0.05) is 6.20 Å². The van der Waals surface area contributed by atoms with Crippen molar-refractivity contribution in [2.45, 2.75) is 24.0 Å². The number of methoxy groups -OCH3 is 1. The van der Waals surface area contributed by atoms with Gasteiger partial charge in [0.15, 0.2) is 0 Å². The maximum atomic E-state index is 14.2. The Kier molecular flexibility index (Phi) is 6.24. The van der Waals surface area contributed by atoms with Crippen LogP contribution in [0.1, 0.15) is 24.2 Å². The lowest BCUT2D eigenvalue weighted by Crippen LogP contribution is -2.23. The van der Waals surface area contributed by atoms with E-state index in [0.29, 0.717) is 6.07 Å². The van der Waals surface area contributed by atoms with E-state index in [4.69, 9.17) is 0 Å². The number of hydrogen-bond acceptors (Lipinski definition) is 7. The van der Waals surface area contributed by atoms with E-state index in [-0.39, 0.29) is 16.9 Å². The van der Waals surface area contributed by atoms with Gasteiger partial charge < -0.3 is 4.74 Å². The Bertz CT molecular complexity index is 1100. The smallest absolute Gasteiger partial charge is 0.339 e. The predicted octanol–water partition coefficient (Wildman–Crippen LogP) is 1.96. The SMILES string of the molecule is COC(=O)c1cncc(NS(=O)(=O)c2ccc(NS(=O)(=O)C(C)C)c(F)c2)c1. The Morgan fingerprint density at radius 3 is 2.36 bits per heavy atom. The molecule has 1 heterocycles. The third-order valence-electron chi connectivity index (χ3n) is 3.54. The quantitative estimate of drug-likeness (QED) is 0.641.